The van der Waals surface area contributed by atoms with Crippen LogP contribution in [0.15, 0.2) is 36.4 Å². The molecule has 2 rings (SSSR count). The Morgan fingerprint density at radius 2 is 1.76 bits per heavy atom. The van der Waals surface area contributed by atoms with Gasteiger partial charge in [0.25, 0.3) is 5.91 Å². The average molecular weight is 293 g/mol. The first kappa shape index (κ1) is 14.4. The first-order chi connectivity index (χ1) is 9.88. The Morgan fingerprint density at radius 3 is 2.43 bits per heavy atom. The van der Waals surface area contributed by atoms with Crippen LogP contribution < -0.4 is 5.32 Å². The van der Waals surface area contributed by atoms with E-state index in [1.807, 2.05) is 0 Å². The number of hydrogen-bond acceptors (Lipinski definition) is 3. The maximum absolute atomic E-state index is 13.4. The molecular formula is C14H9F2NO4. The van der Waals surface area contributed by atoms with Crippen LogP contribution in [0, 0.1) is 11.6 Å². The number of aromatic carboxylic acids is 1. The lowest BCUT2D eigenvalue weighted by Crippen LogP contribution is -2.14. The molecule has 0 unspecified atom stereocenters. The van der Waals surface area contributed by atoms with E-state index >= 15 is 0 Å². The zero-order chi connectivity index (χ0) is 15.6. The number of amides is 1. The van der Waals surface area contributed by atoms with Crippen molar-refractivity contribution in [3.8, 4) is 5.75 Å². The SMILES string of the molecule is O=C(O)c1ccc(O)c(NC(=O)c2cc(F)ccc2F)c1. The minimum absolute atomic E-state index is 0.178. The van der Waals surface area contributed by atoms with Crippen LogP contribution in [0.3, 0.4) is 0 Å². The number of rotatable bonds is 3. The van der Waals surface area contributed by atoms with Gasteiger partial charge in [-0.1, -0.05) is 0 Å². The summed E-state index contributed by atoms with van der Waals surface area (Å²) in [5.41, 5.74) is -0.957. The number of carboxylic acids is 1. The van der Waals surface area contributed by atoms with Crippen LogP contribution in [0.1, 0.15) is 20.7 Å². The topological polar surface area (TPSA) is 86.6 Å². The maximum Gasteiger partial charge on any atom is 0.335 e. The molecule has 2 aromatic rings. The summed E-state index contributed by atoms with van der Waals surface area (Å²) in [6.07, 6.45) is 0. The lowest BCUT2D eigenvalue weighted by atomic mass is 10.1. The van der Waals surface area contributed by atoms with Crippen LogP contribution in [0.2, 0.25) is 0 Å². The Morgan fingerprint density at radius 1 is 1.05 bits per heavy atom. The van der Waals surface area contributed by atoms with Gasteiger partial charge in [0, 0.05) is 0 Å². The zero-order valence-electron chi connectivity index (χ0n) is 10.4. The van der Waals surface area contributed by atoms with Crippen LogP contribution in [0.25, 0.3) is 0 Å². The summed E-state index contributed by atoms with van der Waals surface area (Å²) in [5.74, 6) is -4.41. The number of hydrogen-bond donors (Lipinski definition) is 3. The van der Waals surface area contributed by atoms with E-state index in [2.05, 4.69) is 5.32 Å². The van der Waals surface area contributed by atoms with Gasteiger partial charge < -0.3 is 15.5 Å². The maximum atomic E-state index is 13.4. The van der Waals surface area contributed by atoms with Gasteiger partial charge in [-0.25, -0.2) is 13.6 Å². The second kappa shape index (κ2) is 5.58. The molecule has 0 saturated carbocycles. The number of carboxylic acid groups (broad SMARTS) is 1. The average Bonchev–Trinajstić information content (AvgIpc) is 2.43. The number of carbonyl (C=O) groups is 2. The Hall–Kier alpha value is -2.96. The van der Waals surface area contributed by atoms with E-state index in [0.717, 1.165) is 30.3 Å². The van der Waals surface area contributed by atoms with Gasteiger partial charge in [0.1, 0.15) is 17.4 Å². The molecule has 0 atom stereocenters. The van der Waals surface area contributed by atoms with Gasteiger partial charge in [0.2, 0.25) is 0 Å². The monoisotopic (exact) mass is 293 g/mol. The molecule has 5 nitrogen and oxygen atoms in total. The van der Waals surface area contributed by atoms with Crippen molar-refractivity contribution in [3.05, 3.63) is 59.2 Å². The molecule has 108 valence electrons. The van der Waals surface area contributed by atoms with Gasteiger partial charge in [0.15, 0.2) is 0 Å². The van der Waals surface area contributed by atoms with E-state index in [1.54, 1.807) is 0 Å². The van der Waals surface area contributed by atoms with Gasteiger partial charge in [-0.3, -0.25) is 4.79 Å². The van der Waals surface area contributed by atoms with Crippen molar-refractivity contribution in [2.75, 3.05) is 5.32 Å². The summed E-state index contributed by atoms with van der Waals surface area (Å²) in [4.78, 5) is 22.7. The summed E-state index contributed by atoms with van der Waals surface area (Å²) in [5, 5.41) is 20.5. The lowest BCUT2D eigenvalue weighted by Gasteiger charge is -2.09. The second-order valence-corrected chi connectivity index (χ2v) is 4.12. The Balaban J connectivity index is 2.33. The largest absolute Gasteiger partial charge is 0.506 e. The number of anilines is 1. The molecular weight excluding hydrogens is 284 g/mol. The fourth-order valence-electron chi connectivity index (χ4n) is 1.63. The molecule has 2 aromatic carbocycles. The van der Waals surface area contributed by atoms with E-state index < -0.39 is 34.8 Å². The van der Waals surface area contributed by atoms with E-state index in [9.17, 15) is 23.5 Å². The van der Waals surface area contributed by atoms with Crippen molar-refractivity contribution in [1.29, 1.82) is 0 Å². The fourth-order valence-corrected chi connectivity index (χ4v) is 1.63. The number of phenolic OH excluding ortho intramolecular Hbond substituents is 1. The van der Waals surface area contributed by atoms with E-state index in [4.69, 9.17) is 5.11 Å². The van der Waals surface area contributed by atoms with Gasteiger partial charge >= 0.3 is 5.97 Å². The molecule has 0 aromatic heterocycles. The zero-order valence-corrected chi connectivity index (χ0v) is 10.4. The predicted molar refractivity (Wildman–Crippen MR) is 69.4 cm³/mol. The minimum Gasteiger partial charge on any atom is -0.506 e. The van der Waals surface area contributed by atoms with Crippen molar-refractivity contribution < 1.29 is 28.6 Å². The van der Waals surface area contributed by atoms with Crippen molar-refractivity contribution in [2.24, 2.45) is 0 Å². The first-order valence-corrected chi connectivity index (χ1v) is 5.71. The van der Waals surface area contributed by atoms with Gasteiger partial charge in [-0.15, -0.1) is 0 Å². The molecule has 0 radical (unpaired) electrons. The van der Waals surface area contributed by atoms with Gasteiger partial charge in [-0.2, -0.15) is 0 Å². The highest BCUT2D eigenvalue weighted by Gasteiger charge is 2.16. The molecule has 3 N–H and O–H groups in total. The van der Waals surface area contributed by atoms with Crippen molar-refractivity contribution in [2.45, 2.75) is 0 Å². The van der Waals surface area contributed by atoms with Crippen LogP contribution in [-0.2, 0) is 0 Å². The number of aromatic hydroxyl groups is 1. The predicted octanol–water partition coefficient (Wildman–Crippen LogP) is 2.62. The van der Waals surface area contributed by atoms with Crippen molar-refractivity contribution in [1.82, 2.24) is 0 Å². The summed E-state index contributed by atoms with van der Waals surface area (Å²) < 4.78 is 26.5. The summed E-state index contributed by atoms with van der Waals surface area (Å²) in [7, 11) is 0. The first-order valence-electron chi connectivity index (χ1n) is 5.71. The Labute approximate surface area is 117 Å². The Kier molecular flexibility index (Phi) is 3.84. The highest BCUT2D eigenvalue weighted by molar-refractivity contribution is 6.05. The molecule has 0 fully saturated rings. The van der Waals surface area contributed by atoms with Crippen molar-refractivity contribution in [3.63, 3.8) is 0 Å². The highest BCUT2D eigenvalue weighted by Crippen LogP contribution is 2.25. The molecule has 0 aliphatic carbocycles. The smallest absolute Gasteiger partial charge is 0.335 e. The summed E-state index contributed by atoms with van der Waals surface area (Å²) in [6, 6.07) is 5.55. The second-order valence-electron chi connectivity index (χ2n) is 4.12. The molecule has 0 bridgehead atoms. The number of phenols is 1. The molecule has 1 amide bonds. The molecule has 0 spiro atoms. The third-order valence-electron chi connectivity index (χ3n) is 2.66. The van der Waals surface area contributed by atoms with E-state index in [0.29, 0.717) is 6.07 Å². The van der Waals surface area contributed by atoms with E-state index in [1.165, 1.54) is 0 Å². The van der Waals surface area contributed by atoms with Crippen molar-refractivity contribution >= 4 is 17.6 Å². The third kappa shape index (κ3) is 3.14. The van der Waals surface area contributed by atoms with Crippen LogP contribution in [0.4, 0.5) is 14.5 Å². The van der Waals surface area contributed by atoms with Gasteiger partial charge in [0.05, 0.1) is 16.8 Å². The van der Waals surface area contributed by atoms with E-state index in [-0.39, 0.29) is 11.3 Å². The van der Waals surface area contributed by atoms with Crippen LogP contribution in [0.5, 0.6) is 5.75 Å². The lowest BCUT2D eigenvalue weighted by molar-refractivity contribution is 0.0696. The summed E-state index contributed by atoms with van der Waals surface area (Å²) in [6.45, 7) is 0. The van der Waals surface area contributed by atoms with Crippen LogP contribution >= 0.6 is 0 Å². The fraction of sp³-hybridized carbons (Fsp3) is 0. The molecule has 0 saturated heterocycles. The molecule has 0 aliphatic rings. The molecule has 0 aliphatic heterocycles. The normalized spacial score (nSPS) is 10.2. The minimum atomic E-state index is -1.26. The molecule has 7 heteroatoms. The number of nitrogens with one attached hydrogen (secondary N) is 1. The van der Waals surface area contributed by atoms with Crippen LogP contribution in [-0.4, -0.2) is 22.1 Å². The standard InChI is InChI=1S/C14H9F2NO4/c15-8-2-3-10(16)9(6-8)13(19)17-11-5-7(14(20)21)1-4-12(11)18/h1-6,18H,(H,17,19)(H,20,21). The Bertz CT molecular complexity index is 731. The number of halogens is 2. The highest BCUT2D eigenvalue weighted by atomic mass is 19.1. The molecule has 21 heavy (non-hydrogen) atoms. The number of carbonyl (C=O) groups excluding carboxylic acids is 1. The summed E-state index contributed by atoms with van der Waals surface area (Å²) >= 11 is 0. The quantitative estimate of drug-likeness (QED) is 0.759. The van der Waals surface area contributed by atoms with Gasteiger partial charge in [-0.05, 0) is 36.4 Å². The molecule has 0 heterocycles. The number of benzene rings is 2. The third-order valence-corrected chi connectivity index (χ3v) is 2.66.